The molecule has 3 heterocycles. The Morgan fingerprint density at radius 3 is 2.54 bits per heavy atom. The third-order valence-electron chi connectivity index (χ3n) is 5.44. The molecule has 4 rings (SSSR count). The highest BCUT2D eigenvalue weighted by Crippen LogP contribution is 2.33. The number of nitrogens with two attached hydrogens (primary N) is 1. The monoisotopic (exact) mass is 357 g/mol. The highest BCUT2D eigenvalue weighted by atomic mass is 16.2. The molecule has 3 amide bonds. The van der Waals surface area contributed by atoms with E-state index in [1.54, 1.807) is 18.3 Å². The fraction of sp³-hybridized carbons (Fsp3) is 0.556. The summed E-state index contributed by atoms with van der Waals surface area (Å²) in [7, 11) is 0. The second-order valence-electron chi connectivity index (χ2n) is 7.23. The Labute approximate surface area is 151 Å². The smallest absolute Gasteiger partial charge is 0.252 e. The van der Waals surface area contributed by atoms with Crippen LogP contribution in [0.5, 0.6) is 0 Å². The number of aromatic nitrogens is 1. The molecule has 0 spiro atoms. The van der Waals surface area contributed by atoms with Crippen LogP contribution in [0.1, 0.15) is 29.6 Å². The highest BCUT2D eigenvalue weighted by Gasteiger charge is 2.43. The largest absolute Gasteiger partial charge is 0.365 e. The van der Waals surface area contributed by atoms with Gasteiger partial charge in [-0.2, -0.15) is 0 Å². The van der Waals surface area contributed by atoms with Gasteiger partial charge in [-0.25, -0.2) is 4.98 Å². The van der Waals surface area contributed by atoms with Crippen LogP contribution >= 0.6 is 0 Å². The second-order valence-corrected chi connectivity index (χ2v) is 7.23. The second kappa shape index (κ2) is 6.59. The van der Waals surface area contributed by atoms with Gasteiger partial charge in [-0.05, 0) is 25.0 Å². The van der Waals surface area contributed by atoms with E-state index in [0.717, 1.165) is 12.8 Å². The van der Waals surface area contributed by atoms with Gasteiger partial charge in [0.1, 0.15) is 5.82 Å². The number of primary amides is 1. The minimum atomic E-state index is -0.503. The van der Waals surface area contributed by atoms with E-state index < -0.39 is 5.91 Å². The van der Waals surface area contributed by atoms with Gasteiger partial charge in [0.15, 0.2) is 0 Å². The number of hydrogen-bond donors (Lipinski definition) is 1. The number of carbonyl (C=O) groups excluding carboxylic acids is 3. The van der Waals surface area contributed by atoms with Crippen molar-refractivity contribution >= 4 is 23.5 Å². The summed E-state index contributed by atoms with van der Waals surface area (Å²) < 4.78 is 0. The van der Waals surface area contributed by atoms with Crippen LogP contribution in [0, 0.1) is 5.92 Å². The molecule has 1 unspecified atom stereocenters. The van der Waals surface area contributed by atoms with Crippen molar-refractivity contribution in [2.75, 3.05) is 37.6 Å². The average Bonchev–Trinajstić information content (AvgIpc) is 3.43. The number of anilines is 1. The molecule has 1 aromatic rings. The lowest BCUT2D eigenvalue weighted by molar-refractivity contribution is -0.136. The van der Waals surface area contributed by atoms with E-state index in [4.69, 9.17) is 5.73 Å². The maximum absolute atomic E-state index is 12.8. The number of pyridine rings is 1. The van der Waals surface area contributed by atoms with Crippen LogP contribution in [0.25, 0.3) is 0 Å². The molecule has 8 nitrogen and oxygen atoms in total. The maximum Gasteiger partial charge on any atom is 0.252 e. The van der Waals surface area contributed by atoms with Gasteiger partial charge in [0, 0.05) is 51.4 Å². The normalized spacial score (nSPS) is 23.5. The van der Waals surface area contributed by atoms with E-state index >= 15 is 0 Å². The fourth-order valence-corrected chi connectivity index (χ4v) is 3.87. The topological polar surface area (TPSA) is 99.8 Å². The molecule has 26 heavy (non-hydrogen) atoms. The van der Waals surface area contributed by atoms with Gasteiger partial charge in [0.25, 0.3) is 5.91 Å². The van der Waals surface area contributed by atoms with Crippen molar-refractivity contribution in [2.45, 2.75) is 25.3 Å². The van der Waals surface area contributed by atoms with Crippen molar-refractivity contribution in [2.24, 2.45) is 11.7 Å². The Kier molecular flexibility index (Phi) is 4.26. The molecule has 2 saturated heterocycles. The van der Waals surface area contributed by atoms with Gasteiger partial charge >= 0.3 is 0 Å². The highest BCUT2D eigenvalue weighted by molar-refractivity contribution is 5.97. The molecule has 3 aliphatic rings. The predicted molar refractivity (Wildman–Crippen MR) is 94.4 cm³/mol. The Morgan fingerprint density at radius 2 is 1.88 bits per heavy atom. The van der Waals surface area contributed by atoms with Crippen LogP contribution < -0.4 is 10.6 Å². The summed E-state index contributed by atoms with van der Waals surface area (Å²) in [6, 6.07) is 3.72. The maximum atomic E-state index is 12.8. The van der Waals surface area contributed by atoms with Crippen molar-refractivity contribution in [1.29, 1.82) is 0 Å². The first-order valence-electron chi connectivity index (χ1n) is 9.12. The first kappa shape index (κ1) is 16.8. The quantitative estimate of drug-likeness (QED) is 0.807. The first-order valence-corrected chi connectivity index (χ1v) is 9.12. The summed E-state index contributed by atoms with van der Waals surface area (Å²) in [4.78, 5) is 46.5. The summed E-state index contributed by atoms with van der Waals surface area (Å²) >= 11 is 0. The van der Waals surface area contributed by atoms with Gasteiger partial charge in [0.2, 0.25) is 11.8 Å². The lowest BCUT2D eigenvalue weighted by atomic mass is 10.1. The third kappa shape index (κ3) is 3.11. The molecule has 138 valence electrons. The molecule has 3 fully saturated rings. The van der Waals surface area contributed by atoms with Crippen LogP contribution in [0.15, 0.2) is 18.3 Å². The fourth-order valence-electron chi connectivity index (χ4n) is 3.87. The van der Waals surface area contributed by atoms with Crippen LogP contribution in [-0.2, 0) is 9.59 Å². The van der Waals surface area contributed by atoms with E-state index in [-0.39, 0.29) is 17.7 Å². The number of rotatable bonds is 4. The number of piperazine rings is 1. The molecule has 0 radical (unpaired) electrons. The number of amides is 3. The van der Waals surface area contributed by atoms with Gasteiger partial charge in [-0.1, -0.05) is 0 Å². The number of hydrogen-bond acceptors (Lipinski definition) is 5. The molecule has 2 aliphatic heterocycles. The van der Waals surface area contributed by atoms with Crippen LogP contribution in [0.2, 0.25) is 0 Å². The average molecular weight is 357 g/mol. The predicted octanol–water partition coefficient (Wildman–Crippen LogP) is -0.160. The SMILES string of the molecule is NC(=O)c1cccnc1N1CCN(C(=O)C2CC(=O)N(C3CC3)C2)CC1. The molecule has 1 aromatic heterocycles. The Morgan fingerprint density at radius 1 is 1.15 bits per heavy atom. The lowest BCUT2D eigenvalue weighted by Crippen LogP contribution is -2.51. The molecule has 0 bridgehead atoms. The van der Waals surface area contributed by atoms with Gasteiger partial charge in [0.05, 0.1) is 11.5 Å². The summed E-state index contributed by atoms with van der Waals surface area (Å²) in [5.74, 6) is 0.0336. The number of likely N-dealkylation sites (tertiary alicyclic amines) is 1. The van der Waals surface area contributed by atoms with E-state index in [0.29, 0.717) is 56.6 Å². The zero-order valence-electron chi connectivity index (χ0n) is 14.6. The molecule has 1 atom stereocenters. The van der Waals surface area contributed by atoms with Crippen molar-refractivity contribution in [3.05, 3.63) is 23.9 Å². The molecular formula is C18H23N5O3. The van der Waals surface area contributed by atoms with Crippen molar-refractivity contribution < 1.29 is 14.4 Å². The van der Waals surface area contributed by atoms with Crippen molar-refractivity contribution in [3.8, 4) is 0 Å². The summed E-state index contributed by atoms with van der Waals surface area (Å²) in [6.45, 7) is 2.87. The van der Waals surface area contributed by atoms with E-state index in [9.17, 15) is 14.4 Å². The zero-order chi connectivity index (χ0) is 18.3. The summed E-state index contributed by atoms with van der Waals surface area (Å²) in [5.41, 5.74) is 5.83. The Balaban J connectivity index is 1.37. The third-order valence-corrected chi connectivity index (χ3v) is 5.44. The zero-order valence-corrected chi connectivity index (χ0v) is 14.6. The van der Waals surface area contributed by atoms with E-state index in [2.05, 4.69) is 4.98 Å². The standard InChI is InChI=1S/C18H23N5O3/c19-16(25)14-2-1-5-20-17(14)21-6-8-22(9-7-21)18(26)12-10-15(24)23(11-12)13-3-4-13/h1-2,5,12-13H,3-4,6-11H2,(H2,19,25). The number of carbonyl (C=O) groups is 3. The Bertz CT molecular complexity index is 740. The first-order chi connectivity index (χ1) is 12.5. The van der Waals surface area contributed by atoms with Crippen LogP contribution in [0.4, 0.5) is 5.82 Å². The summed E-state index contributed by atoms with van der Waals surface area (Å²) in [5, 5.41) is 0. The molecule has 2 N–H and O–H groups in total. The summed E-state index contributed by atoms with van der Waals surface area (Å²) in [6.07, 6.45) is 4.10. The van der Waals surface area contributed by atoms with E-state index in [1.165, 1.54) is 0 Å². The van der Waals surface area contributed by atoms with Crippen molar-refractivity contribution in [3.63, 3.8) is 0 Å². The molecule has 1 aliphatic carbocycles. The van der Waals surface area contributed by atoms with Crippen LogP contribution in [-0.4, -0.2) is 71.3 Å². The minimum absolute atomic E-state index is 0.0669. The molecule has 8 heteroatoms. The van der Waals surface area contributed by atoms with E-state index in [1.807, 2.05) is 14.7 Å². The van der Waals surface area contributed by atoms with Gasteiger partial charge in [-0.3, -0.25) is 14.4 Å². The van der Waals surface area contributed by atoms with Gasteiger partial charge < -0.3 is 20.4 Å². The van der Waals surface area contributed by atoms with Crippen LogP contribution in [0.3, 0.4) is 0 Å². The molecular weight excluding hydrogens is 334 g/mol. The minimum Gasteiger partial charge on any atom is -0.365 e. The Hall–Kier alpha value is -2.64. The lowest BCUT2D eigenvalue weighted by Gasteiger charge is -2.37. The van der Waals surface area contributed by atoms with Crippen molar-refractivity contribution in [1.82, 2.24) is 14.8 Å². The number of nitrogens with zero attached hydrogens (tertiary/aromatic N) is 4. The molecule has 0 aromatic carbocycles. The van der Waals surface area contributed by atoms with Gasteiger partial charge in [-0.15, -0.1) is 0 Å². The molecule has 1 saturated carbocycles.